The fraction of sp³-hybridized carbons (Fsp3) is 0.350. The standard InChI is InChI=1S/C20H24O3/c1-20(2,3)17-11-9-15(10-12-17)13-18(21)19(22)23-14-16-7-5-4-6-8-16/h4-12,18,21H,13-14H2,1-3H3. The Bertz CT molecular complexity index is 624. The average Bonchev–Trinajstić information content (AvgIpc) is 2.53. The summed E-state index contributed by atoms with van der Waals surface area (Å²) in [5.41, 5.74) is 3.14. The van der Waals surface area contributed by atoms with Gasteiger partial charge >= 0.3 is 5.97 Å². The van der Waals surface area contributed by atoms with Crippen LogP contribution < -0.4 is 0 Å². The lowest BCUT2D eigenvalue weighted by Gasteiger charge is -2.19. The highest BCUT2D eigenvalue weighted by atomic mass is 16.5. The lowest BCUT2D eigenvalue weighted by Crippen LogP contribution is -2.25. The molecule has 0 aliphatic rings. The summed E-state index contributed by atoms with van der Waals surface area (Å²) in [7, 11) is 0. The Morgan fingerprint density at radius 1 is 1.00 bits per heavy atom. The third-order valence-corrected chi connectivity index (χ3v) is 3.75. The van der Waals surface area contributed by atoms with Crippen LogP contribution in [0.25, 0.3) is 0 Å². The van der Waals surface area contributed by atoms with Gasteiger partial charge < -0.3 is 9.84 Å². The minimum Gasteiger partial charge on any atom is -0.459 e. The first-order valence-corrected chi connectivity index (χ1v) is 7.84. The van der Waals surface area contributed by atoms with E-state index in [0.29, 0.717) is 0 Å². The molecule has 1 N–H and O–H groups in total. The molecule has 0 radical (unpaired) electrons. The molecular formula is C20H24O3. The van der Waals surface area contributed by atoms with Crippen molar-refractivity contribution in [3.05, 3.63) is 71.3 Å². The first kappa shape index (κ1) is 17.2. The van der Waals surface area contributed by atoms with Gasteiger partial charge in [-0.3, -0.25) is 0 Å². The minimum atomic E-state index is -1.14. The average molecular weight is 312 g/mol. The number of esters is 1. The third kappa shape index (κ3) is 5.22. The van der Waals surface area contributed by atoms with Crippen molar-refractivity contribution < 1.29 is 14.6 Å². The van der Waals surface area contributed by atoms with Crippen molar-refractivity contribution in [2.24, 2.45) is 0 Å². The molecule has 2 rings (SSSR count). The predicted octanol–water partition coefficient (Wildman–Crippen LogP) is 3.63. The zero-order valence-electron chi connectivity index (χ0n) is 14.0. The lowest BCUT2D eigenvalue weighted by atomic mass is 9.86. The number of hydrogen-bond acceptors (Lipinski definition) is 3. The van der Waals surface area contributed by atoms with Crippen LogP contribution in [0.5, 0.6) is 0 Å². The highest BCUT2D eigenvalue weighted by molar-refractivity contribution is 5.74. The van der Waals surface area contributed by atoms with Gasteiger partial charge in [-0.15, -0.1) is 0 Å². The summed E-state index contributed by atoms with van der Waals surface area (Å²) in [6.07, 6.45) is -0.878. The van der Waals surface area contributed by atoms with Crippen LogP contribution in [0.15, 0.2) is 54.6 Å². The van der Waals surface area contributed by atoms with Gasteiger partial charge in [-0.2, -0.15) is 0 Å². The maximum absolute atomic E-state index is 11.9. The number of aliphatic hydroxyl groups excluding tert-OH is 1. The van der Waals surface area contributed by atoms with Gasteiger partial charge in [0.2, 0.25) is 0 Å². The fourth-order valence-electron chi connectivity index (χ4n) is 2.27. The van der Waals surface area contributed by atoms with E-state index in [-0.39, 0.29) is 18.4 Å². The molecule has 0 saturated carbocycles. The Kier molecular flexibility index (Phi) is 5.56. The maximum atomic E-state index is 11.9. The Morgan fingerprint density at radius 2 is 1.61 bits per heavy atom. The molecule has 2 aromatic carbocycles. The fourth-order valence-corrected chi connectivity index (χ4v) is 2.27. The second-order valence-electron chi connectivity index (χ2n) is 6.76. The molecular weight excluding hydrogens is 288 g/mol. The van der Waals surface area contributed by atoms with Crippen LogP contribution in [0.4, 0.5) is 0 Å². The van der Waals surface area contributed by atoms with Crippen molar-refractivity contribution in [2.45, 2.75) is 45.3 Å². The van der Waals surface area contributed by atoms with Crippen LogP contribution in [-0.2, 0) is 28.0 Å². The normalized spacial score (nSPS) is 12.7. The highest BCUT2D eigenvalue weighted by Crippen LogP contribution is 2.22. The first-order chi connectivity index (χ1) is 10.9. The van der Waals surface area contributed by atoms with Gasteiger partial charge in [-0.1, -0.05) is 75.4 Å². The van der Waals surface area contributed by atoms with Gasteiger partial charge in [-0.25, -0.2) is 4.79 Å². The molecule has 0 saturated heterocycles. The Labute approximate surface area is 137 Å². The number of rotatable bonds is 5. The molecule has 23 heavy (non-hydrogen) atoms. The van der Waals surface area contributed by atoms with Gasteiger partial charge in [0.25, 0.3) is 0 Å². The predicted molar refractivity (Wildman–Crippen MR) is 91.1 cm³/mol. The van der Waals surface area contributed by atoms with Crippen LogP contribution in [0.2, 0.25) is 0 Å². The highest BCUT2D eigenvalue weighted by Gasteiger charge is 2.18. The summed E-state index contributed by atoms with van der Waals surface area (Å²) in [6.45, 7) is 6.63. The zero-order valence-corrected chi connectivity index (χ0v) is 14.0. The molecule has 122 valence electrons. The number of carbonyl (C=O) groups is 1. The summed E-state index contributed by atoms with van der Waals surface area (Å²) < 4.78 is 5.15. The first-order valence-electron chi connectivity index (χ1n) is 7.84. The van der Waals surface area contributed by atoms with Crippen LogP contribution in [-0.4, -0.2) is 17.2 Å². The monoisotopic (exact) mass is 312 g/mol. The van der Waals surface area contributed by atoms with Gasteiger partial charge in [0, 0.05) is 6.42 Å². The van der Waals surface area contributed by atoms with E-state index in [1.807, 2.05) is 54.6 Å². The molecule has 2 aromatic rings. The topological polar surface area (TPSA) is 46.5 Å². The second kappa shape index (κ2) is 7.42. The molecule has 0 aliphatic heterocycles. The summed E-state index contributed by atoms with van der Waals surface area (Å²) in [5, 5.41) is 10.0. The van der Waals surface area contributed by atoms with E-state index in [1.165, 1.54) is 5.56 Å². The minimum absolute atomic E-state index is 0.0890. The molecule has 3 heteroatoms. The van der Waals surface area contributed by atoms with E-state index in [0.717, 1.165) is 11.1 Å². The Hall–Kier alpha value is -2.13. The molecule has 0 fully saturated rings. The molecule has 0 aliphatic carbocycles. The number of carbonyl (C=O) groups excluding carboxylic acids is 1. The number of ether oxygens (including phenoxy) is 1. The van der Waals surface area contributed by atoms with Gasteiger partial charge in [0.05, 0.1) is 0 Å². The Balaban J connectivity index is 1.88. The summed E-state index contributed by atoms with van der Waals surface area (Å²) in [5.74, 6) is -0.589. The second-order valence-corrected chi connectivity index (χ2v) is 6.76. The molecule has 1 unspecified atom stereocenters. The Morgan fingerprint density at radius 3 is 2.17 bits per heavy atom. The number of aliphatic hydroxyl groups is 1. The van der Waals surface area contributed by atoms with E-state index in [9.17, 15) is 9.90 Å². The van der Waals surface area contributed by atoms with E-state index in [2.05, 4.69) is 20.8 Å². The lowest BCUT2D eigenvalue weighted by molar-refractivity contribution is -0.154. The molecule has 0 amide bonds. The summed E-state index contributed by atoms with van der Waals surface area (Å²) in [6, 6.07) is 17.4. The molecule has 0 bridgehead atoms. The van der Waals surface area contributed by atoms with E-state index in [4.69, 9.17) is 4.74 Å². The van der Waals surface area contributed by atoms with Gasteiger partial charge in [0.1, 0.15) is 6.61 Å². The smallest absolute Gasteiger partial charge is 0.335 e. The third-order valence-electron chi connectivity index (χ3n) is 3.75. The van der Waals surface area contributed by atoms with Crippen LogP contribution in [0, 0.1) is 0 Å². The number of hydrogen-bond donors (Lipinski definition) is 1. The molecule has 0 heterocycles. The van der Waals surface area contributed by atoms with Crippen molar-refractivity contribution in [1.29, 1.82) is 0 Å². The summed E-state index contributed by atoms with van der Waals surface area (Å²) in [4.78, 5) is 11.9. The van der Waals surface area contributed by atoms with Crippen LogP contribution in [0.3, 0.4) is 0 Å². The molecule has 0 aromatic heterocycles. The molecule has 3 nitrogen and oxygen atoms in total. The van der Waals surface area contributed by atoms with Crippen LogP contribution >= 0.6 is 0 Å². The quantitative estimate of drug-likeness (QED) is 0.858. The van der Waals surface area contributed by atoms with Crippen LogP contribution in [0.1, 0.15) is 37.5 Å². The molecule has 0 spiro atoms. The van der Waals surface area contributed by atoms with Crippen molar-refractivity contribution in [1.82, 2.24) is 0 Å². The van der Waals surface area contributed by atoms with E-state index >= 15 is 0 Å². The van der Waals surface area contributed by atoms with E-state index in [1.54, 1.807) is 0 Å². The zero-order chi connectivity index (χ0) is 16.9. The van der Waals surface area contributed by atoms with Crippen molar-refractivity contribution in [3.8, 4) is 0 Å². The van der Waals surface area contributed by atoms with Crippen molar-refractivity contribution in [3.63, 3.8) is 0 Å². The van der Waals surface area contributed by atoms with E-state index < -0.39 is 12.1 Å². The van der Waals surface area contributed by atoms with Crippen molar-refractivity contribution in [2.75, 3.05) is 0 Å². The summed E-state index contributed by atoms with van der Waals surface area (Å²) >= 11 is 0. The molecule has 1 atom stereocenters. The largest absolute Gasteiger partial charge is 0.459 e. The van der Waals surface area contributed by atoms with Crippen molar-refractivity contribution >= 4 is 5.97 Å². The van der Waals surface area contributed by atoms with Gasteiger partial charge in [0.15, 0.2) is 6.10 Å². The van der Waals surface area contributed by atoms with Gasteiger partial charge in [-0.05, 0) is 22.1 Å². The SMILES string of the molecule is CC(C)(C)c1ccc(CC(O)C(=O)OCc2ccccc2)cc1. The maximum Gasteiger partial charge on any atom is 0.335 e. The number of benzene rings is 2.